The summed E-state index contributed by atoms with van der Waals surface area (Å²) in [6.07, 6.45) is 2.12. The van der Waals surface area contributed by atoms with E-state index in [4.69, 9.17) is 9.73 Å². The van der Waals surface area contributed by atoms with E-state index in [1.165, 1.54) is 6.26 Å². The van der Waals surface area contributed by atoms with Crippen molar-refractivity contribution in [3.05, 3.63) is 29.8 Å². The highest BCUT2D eigenvalue weighted by atomic mass is 127. The summed E-state index contributed by atoms with van der Waals surface area (Å²) >= 11 is 0. The van der Waals surface area contributed by atoms with Gasteiger partial charge in [0.15, 0.2) is 5.96 Å². The molecule has 1 heterocycles. The maximum absolute atomic E-state index is 11.7. The third kappa shape index (κ3) is 8.97. The van der Waals surface area contributed by atoms with Gasteiger partial charge in [-0.05, 0) is 49.8 Å². The van der Waals surface area contributed by atoms with Crippen molar-refractivity contribution in [1.82, 2.24) is 14.9 Å². The van der Waals surface area contributed by atoms with Crippen LogP contribution in [-0.2, 0) is 10.0 Å². The molecule has 0 amide bonds. The van der Waals surface area contributed by atoms with Crippen molar-refractivity contribution in [3.8, 4) is 5.75 Å². The molecule has 1 saturated heterocycles. The number of sulfonamides is 1. The van der Waals surface area contributed by atoms with Gasteiger partial charge >= 0.3 is 0 Å². The van der Waals surface area contributed by atoms with Crippen LogP contribution in [0.5, 0.6) is 5.75 Å². The Kier molecular flexibility index (Phi) is 11.4. The minimum atomic E-state index is -3.11. The molecule has 1 aromatic carbocycles. The summed E-state index contributed by atoms with van der Waals surface area (Å²) in [4.78, 5) is 4.69. The quantitative estimate of drug-likeness (QED) is 0.279. The first-order valence-corrected chi connectivity index (χ1v) is 12.3. The van der Waals surface area contributed by atoms with E-state index in [-0.39, 0.29) is 35.9 Å². The first-order chi connectivity index (χ1) is 13.7. The van der Waals surface area contributed by atoms with E-state index in [2.05, 4.69) is 43.5 Å². The summed E-state index contributed by atoms with van der Waals surface area (Å²) in [7, 11) is -3.11. The van der Waals surface area contributed by atoms with Gasteiger partial charge < -0.3 is 15.4 Å². The number of guanidine groups is 1. The number of hydrogen-bond donors (Lipinski definition) is 2. The number of benzene rings is 1. The van der Waals surface area contributed by atoms with Crippen LogP contribution in [0.15, 0.2) is 29.3 Å². The van der Waals surface area contributed by atoms with Gasteiger partial charge in [0.05, 0.1) is 18.9 Å². The highest BCUT2D eigenvalue weighted by Crippen LogP contribution is 2.20. The Bertz CT molecular complexity index is 769. The number of ether oxygens (including phenoxy) is 1. The molecule has 2 rings (SSSR count). The molecule has 1 fully saturated rings. The van der Waals surface area contributed by atoms with Crippen molar-refractivity contribution in [3.63, 3.8) is 0 Å². The zero-order valence-corrected chi connectivity index (χ0v) is 21.9. The number of halogens is 1. The van der Waals surface area contributed by atoms with Gasteiger partial charge in [-0.3, -0.25) is 4.99 Å². The molecule has 1 aliphatic rings. The Morgan fingerprint density at radius 2 is 1.93 bits per heavy atom. The molecule has 0 aliphatic carbocycles. The van der Waals surface area contributed by atoms with Gasteiger partial charge in [-0.15, -0.1) is 24.0 Å². The van der Waals surface area contributed by atoms with Gasteiger partial charge in [-0.1, -0.05) is 26.0 Å². The smallest absolute Gasteiger partial charge is 0.211 e. The highest BCUT2D eigenvalue weighted by molar-refractivity contribution is 14.0. The summed E-state index contributed by atoms with van der Waals surface area (Å²) in [5.74, 6) is 2.39. The Labute approximate surface area is 199 Å². The standard InChI is InChI=1S/C21H36N4O3S.HI/c1-6-22-21(23-13-18-11-12-25(14-18)29(5,26)27)24-17(4)19-7-9-20(10-8-19)28-15-16(2)3;/h7-10,16-18H,6,11-15H2,1-5H3,(H2,22,23,24);1H. The normalized spacial score (nSPS) is 18.7. The molecule has 7 nitrogen and oxygen atoms in total. The number of nitrogens with one attached hydrogen (secondary N) is 2. The lowest BCUT2D eigenvalue weighted by molar-refractivity contribution is 0.271. The lowest BCUT2D eigenvalue weighted by Gasteiger charge is -2.19. The number of aliphatic imine (C=N–C) groups is 1. The average molecular weight is 553 g/mol. The maximum atomic E-state index is 11.7. The van der Waals surface area contributed by atoms with Crippen LogP contribution in [0.4, 0.5) is 0 Å². The number of rotatable bonds is 9. The Hall–Kier alpha value is -1.07. The first-order valence-electron chi connectivity index (χ1n) is 10.4. The van der Waals surface area contributed by atoms with E-state index in [1.54, 1.807) is 4.31 Å². The Balaban J connectivity index is 0.00000450. The average Bonchev–Trinajstić information content (AvgIpc) is 3.14. The molecular formula is C21H37IN4O3S. The predicted molar refractivity (Wildman–Crippen MR) is 134 cm³/mol. The van der Waals surface area contributed by atoms with Crippen LogP contribution >= 0.6 is 24.0 Å². The molecular weight excluding hydrogens is 515 g/mol. The minimum absolute atomic E-state index is 0. The van der Waals surface area contributed by atoms with Crippen LogP contribution in [-0.4, -0.2) is 57.7 Å². The van der Waals surface area contributed by atoms with E-state index in [1.807, 2.05) is 19.1 Å². The summed E-state index contributed by atoms with van der Waals surface area (Å²) in [5, 5.41) is 6.71. The molecule has 1 aliphatic heterocycles. The topological polar surface area (TPSA) is 83.0 Å². The van der Waals surface area contributed by atoms with Gasteiger partial charge in [-0.2, -0.15) is 0 Å². The van der Waals surface area contributed by atoms with Crippen LogP contribution in [0.1, 0.15) is 45.7 Å². The largest absolute Gasteiger partial charge is 0.493 e. The summed E-state index contributed by atoms with van der Waals surface area (Å²) in [5.41, 5.74) is 1.15. The van der Waals surface area contributed by atoms with Gasteiger partial charge in [0.2, 0.25) is 10.0 Å². The molecule has 0 aromatic heterocycles. The maximum Gasteiger partial charge on any atom is 0.211 e. The highest BCUT2D eigenvalue weighted by Gasteiger charge is 2.28. The van der Waals surface area contributed by atoms with E-state index in [0.717, 1.165) is 30.2 Å². The molecule has 1 aromatic rings. The van der Waals surface area contributed by atoms with Crippen molar-refractivity contribution in [2.45, 2.75) is 40.2 Å². The van der Waals surface area contributed by atoms with Crippen LogP contribution < -0.4 is 15.4 Å². The zero-order valence-electron chi connectivity index (χ0n) is 18.7. The molecule has 0 bridgehead atoms. The summed E-state index contributed by atoms with van der Waals surface area (Å²) in [6.45, 7) is 11.6. The second-order valence-electron chi connectivity index (χ2n) is 8.14. The summed E-state index contributed by atoms with van der Waals surface area (Å²) in [6, 6.07) is 8.22. The minimum Gasteiger partial charge on any atom is -0.493 e. The molecule has 30 heavy (non-hydrogen) atoms. The van der Waals surface area contributed by atoms with Gasteiger partial charge in [0.1, 0.15) is 5.75 Å². The molecule has 0 spiro atoms. The van der Waals surface area contributed by atoms with Gasteiger partial charge in [0, 0.05) is 26.2 Å². The second kappa shape index (κ2) is 12.7. The summed E-state index contributed by atoms with van der Waals surface area (Å²) < 4.78 is 30.6. The van der Waals surface area contributed by atoms with Crippen LogP contribution in [0, 0.1) is 11.8 Å². The van der Waals surface area contributed by atoms with Gasteiger partial charge in [0.25, 0.3) is 0 Å². The van der Waals surface area contributed by atoms with E-state index >= 15 is 0 Å². The molecule has 2 unspecified atom stereocenters. The fraction of sp³-hybridized carbons (Fsp3) is 0.667. The van der Waals surface area contributed by atoms with E-state index in [0.29, 0.717) is 32.2 Å². The second-order valence-corrected chi connectivity index (χ2v) is 10.1. The Morgan fingerprint density at radius 1 is 1.27 bits per heavy atom. The lowest BCUT2D eigenvalue weighted by atomic mass is 10.1. The first kappa shape index (κ1) is 27.0. The van der Waals surface area contributed by atoms with E-state index in [9.17, 15) is 8.42 Å². The van der Waals surface area contributed by atoms with Crippen molar-refractivity contribution in [2.75, 3.05) is 39.0 Å². The molecule has 0 radical (unpaired) electrons. The monoisotopic (exact) mass is 552 g/mol. The number of nitrogens with zero attached hydrogens (tertiary/aromatic N) is 2. The SMILES string of the molecule is CCNC(=NCC1CCN(S(C)(=O)=O)C1)NC(C)c1ccc(OCC(C)C)cc1.I. The lowest BCUT2D eigenvalue weighted by Crippen LogP contribution is -2.39. The molecule has 172 valence electrons. The fourth-order valence-corrected chi connectivity index (χ4v) is 4.11. The van der Waals surface area contributed by atoms with E-state index < -0.39 is 10.0 Å². The molecule has 9 heteroatoms. The Morgan fingerprint density at radius 3 is 2.47 bits per heavy atom. The van der Waals surface area contributed by atoms with Crippen LogP contribution in [0.3, 0.4) is 0 Å². The predicted octanol–water partition coefficient (Wildman–Crippen LogP) is 3.24. The van der Waals surface area contributed by atoms with Crippen LogP contribution in [0.25, 0.3) is 0 Å². The third-order valence-electron chi connectivity index (χ3n) is 4.89. The van der Waals surface area contributed by atoms with Crippen LogP contribution in [0.2, 0.25) is 0 Å². The number of hydrogen-bond acceptors (Lipinski definition) is 4. The fourth-order valence-electron chi connectivity index (χ4n) is 3.19. The van der Waals surface area contributed by atoms with Crippen molar-refractivity contribution < 1.29 is 13.2 Å². The zero-order chi connectivity index (χ0) is 21.4. The van der Waals surface area contributed by atoms with Crippen molar-refractivity contribution >= 4 is 40.0 Å². The molecule has 2 atom stereocenters. The van der Waals surface area contributed by atoms with Crippen molar-refractivity contribution in [2.24, 2.45) is 16.8 Å². The van der Waals surface area contributed by atoms with Gasteiger partial charge in [-0.25, -0.2) is 12.7 Å². The molecule has 2 N–H and O–H groups in total. The van der Waals surface area contributed by atoms with Crippen molar-refractivity contribution in [1.29, 1.82) is 0 Å². The molecule has 0 saturated carbocycles. The third-order valence-corrected chi connectivity index (χ3v) is 6.16.